The van der Waals surface area contributed by atoms with E-state index in [1.165, 1.54) is 25.8 Å². The quantitative estimate of drug-likeness (QED) is 0.909. The number of hydrogen-bond donors (Lipinski definition) is 1. The Hall–Kier alpha value is -1.55. The molecule has 110 valence electrons. The Bertz CT molecular complexity index is 514. The number of carboxylic acids is 1. The minimum absolute atomic E-state index is 0.211. The van der Waals surface area contributed by atoms with Crippen LogP contribution in [0.2, 0.25) is 5.02 Å². The molecule has 1 aromatic rings. The summed E-state index contributed by atoms with van der Waals surface area (Å²) in [7, 11) is 1.51. The normalized spacial score (nSPS) is 12.8. The number of benzene rings is 1. The molecule has 20 heavy (non-hydrogen) atoms. The number of carboxylic acid groups (broad SMARTS) is 1. The van der Waals surface area contributed by atoms with Crippen LogP contribution >= 0.6 is 11.6 Å². The van der Waals surface area contributed by atoms with Crippen LogP contribution in [0.3, 0.4) is 0 Å². The van der Waals surface area contributed by atoms with E-state index in [9.17, 15) is 9.59 Å². The molecule has 4 nitrogen and oxygen atoms in total. The molecule has 0 fully saturated rings. The maximum Gasteiger partial charge on any atom is 0.329 e. The molecular weight excluding hydrogens is 278 g/mol. The maximum absolute atomic E-state index is 12.3. The van der Waals surface area contributed by atoms with Crippen molar-refractivity contribution in [1.29, 1.82) is 0 Å². The molecule has 1 aromatic carbocycles. The molecule has 0 radical (unpaired) electrons. The van der Waals surface area contributed by atoms with E-state index in [1.807, 2.05) is 18.2 Å². The first-order valence-electron chi connectivity index (χ1n) is 6.42. The smallest absolute Gasteiger partial charge is 0.329 e. The minimum atomic E-state index is -1.23. The Morgan fingerprint density at radius 2 is 1.90 bits per heavy atom. The molecule has 0 aromatic heterocycles. The Morgan fingerprint density at radius 1 is 1.35 bits per heavy atom. The molecule has 5 heteroatoms. The standard InChI is InChI=1S/C15H20ClNO3/c1-10(9-11-7-5-6-8-12(11)16)13(18)17(4)15(2,3)14(19)20/h5-8,10H,9H2,1-4H3,(H,19,20). The van der Waals surface area contributed by atoms with E-state index < -0.39 is 11.5 Å². The van der Waals surface area contributed by atoms with Gasteiger partial charge in [0.05, 0.1) is 0 Å². The van der Waals surface area contributed by atoms with Crippen LogP contribution in [0.5, 0.6) is 0 Å². The Balaban J connectivity index is 2.83. The van der Waals surface area contributed by atoms with Gasteiger partial charge in [0, 0.05) is 18.0 Å². The molecule has 0 spiro atoms. The van der Waals surface area contributed by atoms with Crippen LogP contribution in [0.4, 0.5) is 0 Å². The lowest BCUT2D eigenvalue weighted by Gasteiger charge is -2.33. The predicted molar refractivity (Wildman–Crippen MR) is 78.8 cm³/mol. The summed E-state index contributed by atoms with van der Waals surface area (Å²) in [6, 6.07) is 7.34. The number of rotatable bonds is 5. The number of nitrogens with zero attached hydrogens (tertiary/aromatic N) is 1. The van der Waals surface area contributed by atoms with Crippen LogP contribution in [0.25, 0.3) is 0 Å². The van der Waals surface area contributed by atoms with Gasteiger partial charge in [-0.15, -0.1) is 0 Å². The van der Waals surface area contributed by atoms with Crippen LogP contribution < -0.4 is 0 Å². The van der Waals surface area contributed by atoms with Gasteiger partial charge >= 0.3 is 5.97 Å². The molecule has 0 saturated heterocycles. The monoisotopic (exact) mass is 297 g/mol. The maximum atomic E-state index is 12.3. The summed E-state index contributed by atoms with van der Waals surface area (Å²) in [5.41, 5.74) is -0.345. The van der Waals surface area contributed by atoms with E-state index in [0.717, 1.165) is 5.56 Å². The van der Waals surface area contributed by atoms with Crippen LogP contribution in [0.15, 0.2) is 24.3 Å². The first-order valence-corrected chi connectivity index (χ1v) is 6.80. The highest BCUT2D eigenvalue weighted by Gasteiger charge is 2.36. The lowest BCUT2D eigenvalue weighted by atomic mass is 9.96. The summed E-state index contributed by atoms with van der Waals surface area (Å²) < 4.78 is 0. The topological polar surface area (TPSA) is 57.6 Å². The summed E-state index contributed by atoms with van der Waals surface area (Å²) in [5.74, 6) is -1.57. The zero-order valence-corrected chi connectivity index (χ0v) is 12.9. The van der Waals surface area contributed by atoms with Gasteiger partial charge in [-0.1, -0.05) is 36.7 Å². The zero-order chi connectivity index (χ0) is 15.5. The van der Waals surface area contributed by atoms with Crippen molar-refractivity contribution in [3.05, 3.63) is 34.9 Å². The average Bonchev–Trinajstić information content (AvgIpc) is 2.39. The number of aliphatic carboxylic acids is 1. The van der Waals surface area contributed by atoms with Gasteiger partial charge in [-0.3, -0.25) is 4.79 Å². The Morgan fingerprint density at radius 3 is 2.40 bits per heavy atom. The van der Waals surface area contributed by atoms with Crippen molar-refractivity contribution in [2.24, 2.45) is 5.92 Å². The van der Waals surface area contributed by atoms with Crippen LogP contribution in [0, 0.1) is 5.92 Å². The average molecular weight is 298 g/mol. The fourth-order valence-corrected chi connectivity index (χ4v) is 2.04. The summed E-state index contributed by atoms with van der Waals surface area (Å²) in [6.45, 7) is 4.80. The van der Waals surface area contributed by atoms with Gasteiger partial charge in [-0.25, -0.2) is 4.79 Å². The molecule has 1 rings (SSSR count). The van der Waals surface area contributed by atoms with E-state index in [1.54, 1.807) is 13.0 Å². The van der Waals surface area contributed by atoms with Crippen molar-refractivity contribution in [3.63, 3.8) is 0 Å². The molecule has 0 heterocycles. The third kappa shape index (κ3) is 3.51. The highest BCUT2D eigenvalue weighted by molar-refractivity contribution is 6.31. The number of carbonyl (C=O) groups excluding carboxylic acids is 1. The van der Waals surface area contributed by atoms with Crippen molar-refractivity contribution >= 4 is 23.5 Å². The predicted octanol–water partition coefficient (Wildman–Crippen LogP) is 2.84. The summed E-state index contributed by atoms with van der Waals surface area (Å²) in [6.07, 6.45) is 0.485. The Kier molecular flexibility index (Phi) is 5.17. The van der Waals surface area contributed by atoms with E-state index >= 15 is 0 Å². The molecule has 1 unspecified atom stereocenters. The largest absolute Gasteiger partial charge is 0.480 e. The van der Waals surface area contributed by atoms with Crippen molar-refractivity contribution in [3.8, 4) is 0 Å². The molecule has 0 saturated carbocycles. The molecular formula is C15H20ClNO3. The molecule has 1 atom stereocenters. The second-order valence-electron chi connectivity index (χ2n) is 5.46. The van der Waals surface area contributed by atoms with Gasteiger partial charge < -0.3 is 10.0 Å². The lowest BCUT2D eigenvalue weighted by molar-refractivity contribution is -0.156. The van der Waals surface area contributed by atoms with Crippen molar-refractivity contribution in [2.45, 2.75) is 32.7 Å². The van der Waals surface area contributed by atoms with Crippen molar-refractivity contribution < 1.29 is 14.7 Å². The number of hydrogen-bond acceptors (Lipinski definition) is 2. The number of halogens is 1. The molecule has 0 aliphatic rings. The van der Waals surface area contributed by atoms with Gasteiger partial charge in [0.2, 0.25) is 5.91 Å². The molecule has 0 aliphatic heterocycles. The van der Waals surface area contributed by atoms with E-state index in [-0.39, 0.29) is 11.8 Å². The third-order valence-corrected chi connectivity index (χ3v) is 3.97. The first-order chi connectivity index (χ1) is 9.17. The Labute approximate surface area is 124 Å². The minimum Gasteiger partial charge on any atom is -0.480 e. The van der Waals surface area contributed by atoms with Crippen molar-refractivity contribution in [2.75, 3.05) is 7.05 Å². The van der Waals surface area contributed by atoms with E-state index in [0.29, 0.717) is 11.4 Å². The zero-order valence-electron chi connectivity index (χ0n) is 12.2. The van der Waals surface area contributed by atoms with E-state index in [4.69, 9.17) is 16.7 Å². The van der Waals surface area contributed by atoms with Crippen LogP contribution in [-0.2, 0) is 16.0 Å². The van der Waals surface area contributed by atoms with Gasteiger partial charge in [-0.05, 0) is 31.9 Å². The summed E-state index contributed by atoms with van der Waals surface area (Å²) >= 11 is 6.07. The fourth-order valence-electron chi connectivity index (χ4n) is 1.83. The highest BCUT2D eigenvalue weighted by atomic mass is 35.5. The number of likely N-dealkylation sites (N-methyl/N-ethyl adjacent to an activating group) is 1. The highest BCUT2D eigenvalue weighted by Crippen LogP contribution is 2.22. The second-order valence-corrected chi connectivity index (χ2v) is 5.87. The van der Waals surface area contributed by atoms with Gasteiger partial charge in [0.1, 0.15) is 5.54 Å². The van der Waals surface area contributed by atoms with Crippen molar-refractivity contribution in [1.82, 2.24) is 4.90 Å². The fraction of sp³-hybridized carbons (Fsp3) is 0.467. The number of amides is 1. The third-order valence-electron chi connectivity index (χ3n) is 3.60. The summed E-state index contributed by atoms with van der Waals surface area (Å²) in [4.78, 5) is 24.8. The number of carbonyl (C=O) groups is 2. The van der Waals surface area contributed by atoms with E-state index in [2.05, 4.69) is 0 Å². The second kappa shape index (κ2) is 6.27. The SMILES string of the molecule is CC(Cc1ccccc1Cl)C(=O)N(C)C(C)(C)C(=O)O. The molecule has 0 bridgehead atoms. The molecule has 1 amide bonds. The molecule has 0 aliphatic carbocycles. The van der Waals surface area contributed by atoms with Gasteiger partial charge in [0.25, 0.3) is 0 Å². The van der Waals surface area contributed by atoms with Gasteiger partial charge in [0.15, 0.2) is 0 Å². The molecule has 1 N–H and O–H groups in total. The lowest BCUT2D eigenvalue weighted by Crippen LogP contribution is -2.52. The van der Waals surface area contributed by atoms with Gasteiger partial charge in [-0.2, -0.15) is 0 Å². The van der Waals surface area contributed by atoms with Crippen LogP contribution in [0.1, 0.15) is 26.3 Å². The van der Waals surface area contributed by atoms with Crippen LogP contribution in [-0.4, -0.2) is 34.5 Å². The first kappa shape index (κ1) is 16.5. The summed E-state index contributed by atoms with van der Waals surface area (Å²) in [5, 5.41) is 9.78.